The van der Waals surface area contributed by atoms with Crippen molar-refractivity contribution in [3.63, 3.8) is 0 Å². The number of alkyl halides is 3. The molecule has 2 N–H and O–H groups in total. The van der Waals surface area contributed by atoms with Crippen LogP contribution in [0.15, 0.2) is 48.7 Å². The first-order valence-electron chi connectivity index (χ1n) is 13.3. The number of piperidine rings is 1. The summed E-state index contributed by atoms with van der Waals surface area (Å²) in [6.45, 7) is 6.30. The summed E-state index contributed by atoms with van der Waals surface area (Å²) in [6, 6.07) is 11.7. The van der Waals surface area contributed by atoms with Gasteiger partial charge < -0.3 is 20.4 Å². The highest BCUT2D eigenvalue weighted by Gasteiger charge is 2.35. The normalized spacial score (nSPS) is 17.5. The van der Waals surface area contributed by atoms with E-state index >= 15 is 0 Å². The lowest BCUT2D eigenvalue weighted by atomic mass is 10.0. The SMILES string of the molecule is CN1CCC(N2CCN(c3ccc(Nc4ncc(Cl)c(C(=O)Nc5c(Cl)cccc5C(F)(F)F)n4)cc3)CC2)CC1. The van der Waals surface area contributed by atoms with Gasteiger partial charge in [-0.05, 0) is 69.4 Å². The minimum absolute atomic E-state index is 0.0641. The van der Waals surface area contributed by atoms with Gasteiger partial charge in [0.05, 0.1) is 27.5 Å². The number of halogens is 5. The molecule has 218 valence electrons. The predicted octanol–water partition coefficient (Wildman–Crippen LogP) is 6.01. The highest BCUT2D eigenvalue weighted by molar-refractivity contribution is 6.35. The largest absolute Gasteiger partial charge is 0.418 e. The van der Waals surface area contributed by atoms with Crippen molar-refractivity contribution in [1.29, 1.82) is 0 Å². The zero-order chi connectivity index (χ0) is 29.1. The van der Waals surface area contributed by atoms with Crippen molar-refractivity contribution in [2.45, 2.75) is 25.1 Å². The second-order valence-corrected chi connectivity index (χ2v) is 11.0. The van der Waals surface area contributed by atoms with Crippen LogP contribution in [0.1, 0.15) is 28.9 Å². The van der Waals surface area contributed by atoms with Crippen LogP contribution in [-0.4, -0.2) is 78.0 Å². The fourth-order valence-electron chi connectivity index (χ4n) is 5.24. The average molecular weight is 608 g/mol. The summed E-state index contributed by atoms with van der Waals surface area (Å²) < 4.78 is 40.3. The Morgan fingerprint density at radius 1 is 0.951 bits per heavy atom. The third-order valence-corrected chi connectivity index (χ3v) is 8.12. The molecule has 0 saturated carbocycles. The summed E-state index contributed by atoms with van der Waals surface area (Å²) >= 11 is 12.1. The van der Waals surface area contributed by atoms with Gasteiger partial charge in [-0.3, -0.25) is 9.69 Å². The summed E-state index contributed by atoms with van der Waals surface area (Å²) in [6.07, 6.45) is -1.06. The van der Waals surface area contributed by atoms with Crippen molar-refractivity contribution in [2.75, 3.05) is 61.8 Å². The van der Waals surface area contributed by atoms with Crippen LogP contribution in [0.25, 0.3) is 0 Å². The van der Waals surface area contributed by atoms with E-state index in [2.05, 4.69) is 42.3 Å². The highest BCUT2D eigenvalue weighted by Crippen LogP contribution is 2.39. The summed E-state index contributed by atoms with van der Waals surface area (Å²) in [5.41, 5.74) is -0.158. The summed E-state index contributed by atoms with van der Waals surface area (Å²) in [7, 11) is 2.18. The molecule has 41 heavy (non-hydrogen) atoms. The molecular formula is C28H30Cl2F3N7O. The number of carbonyl (C=O) groups excluding carboxylic acids is 1. The smallest absolute Gasteiger partial charge is 0.369 e. The van der Waals surface area contributed by atoms with Crippen LogP contribution in [0.5, 0.6) is 0 Å². The van der Waals surface area contributed by atoms with E-state index in [1.807, 2.05) is 24.3 Å². The van der Waals surface area contributed by atoms with Crippen molar-refractivity contribution in [3.8, 4) is 0 Å². The number of aromatic nitrogens is 2. The van der Waals surface area contributed by atoms with Crippen LogP contribution in [0.3, 0.4) is 0 Å². The van der Waals surface area contributed by atoms with Gasteiger partial charge in [0.15, 0.2) is 5.69 Å². The van der Waals surface area contributed by atoms with Crippen LogP contribution in [0.2, 0.25) is 10.0 Å². The fourth-order valence-corrected chi connectivity index (χ4v) is 5.64. The zero-order valence-corrected chi connectivity index (χ0v) is 23.9. The molecule has 2 fully saturated rings. The fraction of sp³-hybridized carbons (Fsp3) is 0.393. The molecule has 2 saturated heterocycles. The first-order valence-corrected chi connectivity index (χ1v) is 14.1. The number of anilines is 4. The van der Waals surface area contributed by atoms with E-state index in [0.717, 1.165) is 57.1 Å². The van der Waals surface area contributed by atoms with Gasteiger partial charge in [-0.1, -0.05) is 29.3 Å². The van der Waals surface area contributed by atoms with Gasteiger partial charge in [0.1, 0.15) is 0 Å². The molecule has 2 aliphatic rings. The molecule has 1 aromatic heterocycles. The Hall–Kier alpha value is -3.12. The minimum Gasteiger partial charge on any atom is -0.369 e. The third kappa shape index (κ3) is 7.03. The summed E-state index contributed by atoms with van der Waals surface area (Å²) in [5, 5.41) is 4.84. The topological polar surface area (TPSA) is 76.6 Å². The molecule has 13 heteroatoms. The van der Waals surface area contributed by atoms with E-state index in [9.17, 15) is 18.0 Å². The van der Waals surface area contributed by atoms with E-state index in [4.69, 9.17) is 23.2 Å². The second kappa shape index (κ2) is 12.4. The van der Waals surface area contributed by atoms with Crippen LogP contribution < -0.4 is 15.5 Å². The molecule has 2 aliphatic heterocycles. The van der Waals surface area contributed by atoms with E-state index in [0.29, 0.717) is 11.7 Å². The van der Waals surface area contributed by atoms with Gasteiger partial charge in [0.2, 0.25) is 5.95 Å². The molecule has 0 atom stereocenters. The number of benzene rings is 2. The maximum absolute atomic E-state index is 13.4. The van der Waals surface area contributed by atoms with E-state index < -0.39 is 23.3 Å². The molecule has 2 aromatic carbocycles. The van der Waals surface area contributed by atoms with E-state index in [-0.39, 0.29) is 21.7 Å². The number of piperazine rings is 1. The van der Waals surface area contributed by atoms with Crippen molar-refractivity contribution < 1.29 is 18.0 Å². The van der Waals surface area contributed by atoms with Crippen LogP contribution in [-0.2, 0) is 6.18 Å². The van der Waals surface area contributed by atoms with E-state index in [1.165, 1.54) is 25.1 Å². The number of likely N-dealkylation sites (tertiary alicyclic amines) is 1. The molecule has 5 rings (SSSR count). The lowest BCUT2D eigenvalue weighted by Gasteiger charge is -2.42. The Morgan fingerprint density at radius 2 is 1.63 bits per heavy atom. The van der Waals surface area contributed by atoms with Gasteiger partial charge in [-0.15, -0.1) is 0 Å². The molecule has 0 aliphatic carbocycles. The number of hydrogen-bond donors (Lipinski definition) is 2. The number of hydrogen-bond acceptors (Lipinski definition) is 7. The van der Waals surface area contributed by atoms with Crippen molar-refractivity contribution in [2.24, 2.45) is 0 Å². The Balaban J connectivity index is 1.22. The number of para-hydroxylation sites is 1. The van der Waals surface area contributed by atoms with Crippen LogP contribution in [0, 0.1) is 0 Å². The van der Waals surface area contributed by atoms with Crippen LogP contribution >= 0.6 is 23.2 Å². The molecule has 0 unspecified atom stereocenters. The first kappa shape index (κ1) is 29.4. The van der Waals surface area contributed by atoms with Gasteiger partial charge in [0, 0.05) is 43.6 Å². The van der Waals surface area contributed by atoms with Gasteiger partial charge in [-0.25, -0.2) is 9.97 Å². The Morgan fingerprint density at radius 3 is 2.29 bits per heavy atom. The molecule has 1 amide bonds. The van der Waals surface area contributed by atoms with Crippen molar-refractivity contribution in [1.82, 2.24) is 19.8 Å². The molecule has 8 nitrogen and oxygen atoms in total. The number of carbonyl (C=O) groups is 1. The molecule has 3 heterocycles. The molecule has 3 aromatic rings. The zero-order valence-electron chi connectivity index (χ0n) is 22.4. The summed E-state index contributed by atoms with van der Waals surface area (Å²) in [5.74, 6) is -0.886. The number of nitrogens with zero attached hydrogens (tertiary/aromatic N) is 5. The third-order valence-electron chi connectivity index (χ3n) is 7.52. The second-order valence-electron chi connectivity index (χ2n) is 10.2. The van der Waals surface area contributed by atoms with Crippen molar-refractivity contribution >= 4 is 52.1 Å². The highest BCUT2D eigenvalue weighted by atomic mass is 35.5. The van der Waals surface area contributed by atoms with Gasteiger partial charge >= 0.3 is 6.18 Å². The number of nitrogens with one attached hydrogen (secondary N) is 2. The number of amides is 1. The maximum atomic E-state index is 13.4. The first-order chi connectivity index (χ1) is 19.6. The minimum atomic E-state index is -4.72. The van der Waals surface area contributed by atoms with Gasteiger partial charge in [0.25, 0.3) is 5.91 Å². The standard InChI is InChI=1S/C28H30Cl2F3N7O/c1-38-11-9-20(10-12-38)40-15-13-39(14-16-40)19-7-5-18(6-8-19)35-27-34-17-23(30)25(37-27)26(41)36-24-21(28(31,32)33)3-2-4-22(24)29/h2-8,17,20H,9-16H2,1H3,(H,36,41)(H,34,35,37). The molecule has 0 radical (unpaired) electrons. The molecule has 0 spiro atoms. The lowest BCUT2D eigenvalue weighted by Crippen LogP contribution is -2.52. The average Bonchev–Trinajstić information content (AvgIpc) is 2.95. The maximum Gasteiger partial charge on any atom is 0.418 e. The van der Waals surface area contributed by atoms with Crippen LogP contribution in [0.4, 0.5) is 36.2 Å². The van der Waals surface area contributed by atoms with E-state index in [1.54, 1.807) is 0 Å². The molecule has 0 bridgehead atoms. The summed E-state index contributed by atoms with van der Waals surface area (Å²) in [4.78, 5) is 28.5. The van der Waals surface area contributed by atoms with Gasteiger partial charge in [-0.2, -0.15) is 13.2 Å². The lowest BCUT2D eigenvalue weighted by molar-refractivity contribution is -0.136. The Kier molecular flexibility index (Phi) is 8.88. The quantitative estimate of drug-likeness (QED) is 0.355. The van der Waals surface area contributed by atoms with Crippen molar-refractivity contribution in [3.05, 3.63) is 70.0 Å². The number of rotatable bonds is 6. The monoisotopic (exact) mass is 607 g/mol. The Bertz CT molecular complexity index is 1370. The Labute approximate surface area is 246 Å². The molecular weight excluding hydrogens is 578 g/mol. The predicted molar refractivity (Wildman–Crippen MR) is 155 cm³/mol.